The zero-order valence-electron chi connectivity index (χ0n) is 12.3. The number of carbonyl (C=O) groups excluding carboxylic acids is 1. The second-order valence-electron chi connectivity index (χ2n) is 4.70. The van der Waals surface area contributed by atoms with Gasteiger partial charge in [-0.3, -0.25) is 4.79 Å². The number of rotatable bonds is 4. The molecule has 0 atom stereocenters. The van der Waals surface area contributed by atoms with Crippen molar-refractivity contribution in [1.82, 2.24) is 5.43 Å². The van der Waals surface area contributed by atoms with E-state index in [-0.39, 0.29) is 18.3 Å². The van der Waals surface area contributed by atoms with Crippen molar-refractivity contribution in [2.24, 2.45) is 5.10 Å². The first kappa shape index (κ1) is 14.7. The Balaban J connectivity index is 1.66. The number of phenols is 1. The van der Waals surface area contributed by atoms with Crippen LogP contribution in [-0.2, 0) is 0 Å². The molecule has 23 heavy (non-hydrogen) atoms. The summed E-state index contributed by atoms with van der Waals surface area (Å²) in [6, 6.07) is 9.63. The molecular formula is C16H14N2O5. The molecule has 1 amide bonds. The Morgan fingerprint density at radius 3 is 2.91 bits per heavy atom. The Kier molecular flexibility index (Phi) is 4.01. The predicted octanol–water partition coefficient (Wildman–Crippen LogP) is 1.89. The van der Waals surface area contributed by atoms with E-state index in [9.17, 15) is 9.90 Å². The van der Waals surface area contributed by atoms with Gasteiger partial charge in [0.15, 0.2) is 23.0 Å². The fourth-order valence-corrected chi connectivity index (χ4v) is 2.04. The number of phenolic OH excluding ortho intramolecular Hbond substituents is 1. The lowest BCUT2D eigenvalue weighted by Crippen LogP contribution is -2.17. The number of nitrogens with zero attached hydrogens (tertiary/aromatic N) is 1. The minimum Gasteiger partial charge on any atom is -0.504 e. The van der Waals surface area contributed by atoms with E-state index >= 15 is 0 Å². The van der Waals surface area contributed by atoms with Crippen molar-refractivity contribution in [2.75, 3.05) is 13.9 Å². The third-order valence-corrected chi connectivity index (χ3v) is 3.22. The Labute approximate surface area is 132 Å². The number of ether oxygens (including phenoxy) is 3. The highest BCUT2D eigenvalue weighted by Crippen LogP contribution is 2.32. The topological polar surface area (TPSA) is 89.4 Å². The van der Waals surface area contributed by atoms with E-state index in [1.54, 1.807) is 18.2 Å². The Bertz CT molecular complexity index is 773. The van der Waals surface area contributed by atoms with Gasteiger partial charge in [0, 0.05) is 5.56 Å². The molecule has 0 aliphatic carbocycles. The Hall–Kier alpha value is -3.22. The van der Waals surface area contributed by atoms with Gasteiger partial charge in [-0.15, -0.1) is 0 Å². The fourth-order valence-electron chi connectivity index (χ4n) is 2.04. The summed E-state index contributed by atoms with van der Waals surface area (Å²) in [6.07, 6.45) is 1.50. The summed E-state index contributed by atoms with van der Waals surface area (Å²) in [5.74, 6) is 1.09. The summed E-state index contributed by atoms with van der Waals surface area (Å²) in [4.78, 5) is 12.0. The number of hydrogen-bond donors (Lipinski definition) is 2. The fraction of sp³-hybridized carbons (Fsp3) is 0.125. The summed E-state index contributed by atoms with van der Waals surface area (Å²) in [5, 5.41) is 13.4. The number of benzene rings is 2. The molecule has 0 unspecified atom stereocenters. The minimum atomic E-state index is -0.416. The van der Waals surface area contributed by atoms with E-state index in [0.29, 0.717) is 17.1 Å². The van der Waals surface area contributed by atoms with Crippen LogP contribution in [0, 0.1) is 0 Å². The second kappa shape index (κ2) is 6.27. The molecule has 2 aromatic rings. The number of carbonyl (C=O) groups is 1. The van der Waals surface area contributed by atoms with Crippen molar-refractivity contribution in [3.8, 4) is 23.0 Å². The molecule has 1 aliphatic heterocycles. The van der Waals surface area contributed by atoms with E-state index in [4.69, 9.17) is 14.2 Å². The molecule has 0 aromatic heterocycles. The molecule has 7 nitrogen and oxygen atoms in total. The van der Waals surface area contributed by atoms with Gasteiger partial charge in [0.25, 0.3) is 5.91 Å². The van der Waals surface area contributed by atoms with Gasteiger partial charge in [-0.1, -0.05) is 0 Å². The molecular weight excluding hydrogens is 300 g/mol. The average Bonchev–Trinajstić information content (AvgIpc) is 3.03. The number of hydrogen-bond acceptors (Lipinski definition) is 6. The molecule has 0 spiro atoms. The van der Waals surface area contributed by atoms with Crippen LogP contribution in [0.25, 0.3) is 0 Å². The van der Waals surface area contributed by atoms with Gasteiger partial charge in [-0.05, 0) is 42.0 Å². The zero-order chi connectivity index (χ0) is 16.2. The monoisotopic (exact) mass is 314 g/mol. The number of nitrogens with one attached hydrogen (secondary N) is 1. The third-order valence-electron chi connectivity index (χ3n) is 3.22. The molecule has 0 saturated carbocycles. The highest BCUT2D eigenvalue weighted by molar-refractivity contribution is 5.95. The normalized spacial score (nSPS) is 12.4. The van der Waals surface area contributed by atoms with Crippen LogP contribution in [-0.4, -0.2) is 31.1 Å². The molecule has 2 N–H and O–H groups in total. The SMILES string of the molecule is COc1cc(C(=O)N/N=C\c2ccc3c(c2)OCO3)ccc1O. The van der Waals surface area contributed by atoms with Crippen molar-refractivity contribution in [2.45, 2.75) is 0 Å². The minimum absolute atomic E-state index is 0.0343. The van der Waals surface area contributed by atoms with Crippen molar-refractivity contribution < 1.29 is 24.1 Å². The first-order valence-electron chi connectivity index (χ1n) is 6.77. The zero-order valence-corrected chi connectivity index (χ0v) is 12.3. The highest BCUT2D eigenvalue weighted by atomic mass is 16.7. The van der Waals surface area contributed by atoms with Crippen LogP contribution in [0.3, 0.4) is 0 Å². The van der Waals surface area contributed by atoms with Gasteiger partial charge < -0.3 is 19.3 Å². The lowest BCUT2D eigenvalue weighted by Gasteiger charge is -2.05. The van der Waals surface area contributed by atoms with Crippen molar-refractivity contribution in [1.29, 1.82) is 0 Å². The van der Waals surface area contributed by atoms with E-state index in [0.717, 1.165) is 5.56 Å². The predicted molar refractivity (Wildman–Crippen MR) is 82.3 cm³/mol. The molecule has 0 bridgehead atoms. The maximum absolute atomic E-state index is 12.0. The van der Waals surface area contributed by atoms with Crippen LogP contribution in [0.4, 0.5) is 0 Å². The maximum Gasteiger partial charge on any atom is 0.271 e. The molecule has 3 rings (SSSR count). The molecule has 0 fully saturated rings. The number of hydrazone groups is 1. The van der Waals surface area contributed by atoms with Gasteiger partial charge in [-0.25, -0.2) is 5.43 Å². The molecule has 1 heterocycles. The Morgan fingerprint density at radius 1 is 1.26 bits per heavy atom. The van der Waals surface area contributed by atoms with Crippen LogP contribution in [0.1, 0.15) is 15.9 Å². The molecule has 0 radical (unpaired) electrons. The van der Waals surface area contributed by atoms with Gasteiger partial charge in [-0.2, -0.15) is 5.10 Å². The Morgan fingerprint density at radius 2 is 2.09 bits per heavy atom. The summed E-state index contributed by atoms with van der Waals surface area (Å²) >= 11 is 0. The molecule has 2 aromatic carbocycles. The van der Waals surface area contributed by atoms with Gasteiger partial charge >= 0.3 is 0 Å². The van der Waals surface area contributed by atoms with Gasteiger partial charge in [0.2, 0.25) is 6.79 Å². The first-order chi connectivity index (χ1) is 11.2. The van der Waals surface area contributed by atoms with E-state index in [1.807, 2.05) is 0 Å². The molecule has 118 valence electrons. The number of amides is 1. The number of methoxy groups -OCH3 is 1. The summed E-state index contributed by atoms with van der Waals surface area (Å²) < 4.78 is 15.4. The highest BCUT2D eigenvalue weighted by Gasteiger charge is 2.12. The summed E-state index contributed by atoms with van der Waals surface area (Å²) in [6.45, 7) is 0.204. The smallest absolute Gasteiger partial charge is 0.271 e. The maximum atomic E-state index is 12.0. The third kappa shape index (κ3) is 3.18. The van der Waals surface area contributed by atoms with Gasteiger partial charge in [0.05, 0.1) is 13.3 Å². The lowest BCUT2D eigenvalue weighted by atomic mass is 10.2. The number of aromatic hydroxyl groups is 1. The van der Waals surface area contributed by atoms with Crippen LogP contribution in [0.5, 0.6) is 23.0 Å². The second-order valence-corrected chi connectivity index (χ2v) is 4.70. The first-order valence-corrected chi connectivity index (χ1v) is 6.77. The number of fused-ring (bicyclic) bond motifs is 1. The standard InChI is InChI=1S/C16H14N2O5/c1-21-14-7-11(3-4-12(14)19)16(20)18-17-8-10-2-5-13-15(6-10)23-9-22-13/h2-8,19H,9H2,1H3,(H,18,20)/b17-8-. The lowest BCUT2D eigenvalue weighted by molar-refractivity contribution is 0.0954. The van der Waals surface area contributed by atoms with E-state index in [2.05, 4.69) is 10.5 Å². The van der Waals surface area contributed by atoms with E-state index in [1.165, 1.54) is 31.5 Å². The van der Waals surface area contributed by atoms with Gasteiger partial charge in [0.1, 0.15) is 0 Å². The average molecular weight is 314 g/mol. The van der Waals surface area contributed by atoms with E-state index < -0.39 is 5.91 Å². The summed E-state index contributed by atoms with van der Waals surface area (Å²) in [5.41, 5.74) is 3.49. The van der Waals surface area contributed by atoms with Crippen LogP contribution < -0.4 is 19.6 Å². The molecule has 0 saturated heterocycles. The summed E-state index contributed by atoms with van der Waals surface area (Å²) in [7, 11) is 1.41. The van der Waals surface area contributed by atoms with Crippen molar-refractivity contribution >= 4 is 12.1 Å². The molecule has 7 heteroatoms. The van der Waals surface area contributed by atoms with Crippen molar-refractivity contribution in [3.05, 3.63) is 47.5 Å². The van der Waals surface area contributed by atoms with Crippen LogP contribution in [0.2, 0.25) is 0 Å². The quantitative estimate of drug-likeness (QED) is 0.664. The largest absolute Gasteiger partial charge is 0.504 e. The van der Waals surface area contributed by atoms with Crippen molar-refractivity contribution in [3.63, 3.8) is 0 Å². The van der Waals surface area contributed by atoms with Crippen LogP contribution in [0.15, 0.2) is 41.5 Å². The molecule has 1 aliphatic rings. The van der Waals surface area contributed by atoms with Crippen LogP contribution >= 0.6 is 0 Å².